The predicted molar refractivity (Wildman–Crippen MR) is 78.6 cm³/mol. The molecule has 0 atom stereocenters. The molecule has 8 heteroatoms. The first-order chi connectivity index (χ1) is 9.52. The van der Waals surface area contributed by atoms with Crippen molar-refractivity contribution < 1.29 is 19.0 Å². The molecule has 1 aliphatic rings. The molecule has 0 bridgehead atoms. The zero-order valence-electron chi connectivity index (χ0n) is 11.8. The van der Waals surface area contributed by atoms with Gasteiger partial charge in [0.1, 0.15) is 15.8 Å². The van der Waals surface area contributed by atoms with Crippen LogP contribution in [-0.4, -0.2) is 39.8 Å². The summed E-state index contributed by atoms with van der Waals surface area (Å²) in [6.07, 6.45) is -0.549. The normalized spacial score (nSPS) is 17.4. The second kappa shape index (κ2) is 5.37. The van der Waals surface area contributed by atoms with Gasteiger partial charge in [-0.1, -0.05) is 11.6 Å². The quantitative estimate of drug-likeness (QED) is 0.760. The fourth-order valence-electron chi connectivity index (χ4n) is 2.02. The Morgan fingerprint density at radius 1 is 1.57 bits per heavy atom. The van der Waals surface area contributed by atoms with Crippen LogP contribution in [-0.2, 0) is 10.3 Å². The lowest BCUT2D eigenvalue weighted by Gasteiger charge is -2.46. The molecule has 1 aromatic rings. The molecule has 1 N–H and O–H groups in total. The Balaban J connectivity index is 2.13. The van der Waals surface area contributed by atoms with Gasteiger partial charge in [0.15, 0.2) is 11.0 Å². The van der Waals surface area contributed by atoms with Crippen molar-refractivity contribution in [2.24, 2.45) is 0 Å². The zero-order chi connectivity index (χ0) is 16.0. The third-order valence-electron chi connectivity index (χ3n) is 2.94. The van der Waals surface area contributed by atoms with Crippen LogP contribution in [0.4, 0.5) is 9.18 Å². The number of aliphatic hydroxyl groups is 1. The first kappa shape index (κ1) is 16.5. The smallest absolute Gasteiger partial charge is 0.410 e. The highest BCUT2D eigenvalue weighted by Gasteiger charge is 2.48. The molecule has 5 nitrogen and oxygen atoms in total. The van der Waals surface area contributed by atoms with Crippen molar-refractivity contribution in [1.82, 2.24) is 9.88 Å². The van der Waals surface area contributed by atoms with Crippen molar-refractivity contribution in [3.63, 3.8) is 0 Å². The highest BCUT2D eigenvalue weighted by molar-refractivity contribution is 9.10. The van der Waals surface area contributed by atoms with Gasteiger partial charge in [-0.25, -0.2) is 14.2 Å². The highest BCUT2D eigenvalue weighted by atomic mass is 79.9. The summed E-state index contributed by atoms with van der Waals surface area (Å²) in [4.78, 5) is 16.8. The molecule has 2 heterocycles. The largest absolute Gasteiger partial charge is 0.444 e. The molecule has 1 aromatic heterocycles. The van der Waals surface area contributed by atoms with Gasteiger partial charge in [0.2, 0.25) is 0 Å². The number of pyridine rings is 1. The van der Waals surface area contributed by atoms with Crippen molar-refractivity contribution in [1.29, 1.82) is 0 Å². The van der Waals surface area contributed by atoms with Crippen LogP contribution in [0.25, 0.3) is 0 Å². The number of amides is 1. The second-order valence-electron chi connectivity index (χ2n) is 5.97. The van der Waals surface area contributed by atoms with Gasteiger partial charge in [-0.2, -0.15) is 0 Å². The first-order valence-electron chi connectivity index (χ1n) is 6.24. The van der Waals surface area contributed by atoms with E-state index in [0.29, 0.717) is 4.60 Å². The third kappa shape index (κ3) is 3.46. The van der Waals surface area contributed by atoms with Crippen molar-refractivity contribution in [2.75, 3.05) is 13.1 Å². The maximum atomic E-state index is 14.0. The minimum atomic E-state index is -1.49. The first-order valence-corrected chi connectivity index (χ1v) is 7.41. The van der Waals surface area contributed by atoms with Gasteiger partial charge in [0, 0.05) is 5.56 Å². The number of aromatic nitrogens is 1. The summed E-state index contributed by atoms with van der Waals surface area (Å²) < 4.78 is 19.5. The Kier molecular flexibility index (Phi) is 4.21. The van der Waals surface area contributed by atoms with Gasteiger partial charge in [-0.05, 0) is 42.8 Å². The maximum Gasteiger partial charge on any atom is 0.410 e. The maximum absolute atomic E-state index is 14.0. The highest BCUT2D eigenvalue weighted by Crippen LogP contribution is 2.36. The summed E-state index contributed by atoms with van der Waals surface area (Å²) in [5.74, 6) is -0.786. The zero-order valence-corrected chi connectivity index (χ0v) is 14.1. The molecule has 1 fully saturated rings. The van der Waals surface area contributed by atoms with E-state index >= 15 is 0 Å². The monoisotopic (exact) mass is 380 g/mol. The number of ether oxygens (including phenoxy) is 1. The molecule has 0 spiro atoms. The SMILES string of the molecule is CC(C)(C)OC(=O)N1CC(O)(c2cc(Br)nc(Cl)c2F)C1. The summed E-state index contributed by atoms with van der Waals surface area (Å²) in [6, 6.07) is 1.35. The number of likely N-dealkylation sites (tertiary alicyclic amines) is 1. The van der Waals surface area contributed by atoms with Gasteiger partial charge in [-0.15, -0.1) is 0 Å². The van der Waals surface area contributed by atoms with Crippen molar-refractivity contribution in [3.05, 3.63) is 27.2 Å². The fourth-order valence-corrected chi connectivity index (χ4v) is 2.72. The third-order valence-corrected chi connectivity index (χ3v) is 3.60. The molecule has 0 aliphatic carbocycles. The Bertz CT molecular complexity index is 586. The van der Waals surface area contributed by atoms with E-state index in [-0.39, 0.29) is 23.8 Å². The second-order valence-corrected chi connectivity index (χ2v) is 7.14. The Hall–Kier alpha value is -0.920. The van der Waals surface area contributed by atoms with Gasteiger partial charge in [0.25, 0.3) is 0 Å². The van der Waals surface area contributed by atoms with E-state index in [1.165, 1.54) is 11.0 Å². The molecule has 1 saturated heterocycles. The van der Waals surface area contributed by atoms with Gasteiger partial charge >= 0.3 is 6.09 Å². The van der Waals surface area contributed by atoms with Gasteiger partial charge < -0.3 is 14.7 Å². The molecule has 0 radical (unpaired) electrons. The topological polar surface area (TPSA) is 62.7 Å². The average molecular weight is 382 g/mol. The molecule has 0 aromatic carbocycles. The summed E-state index contributed by atoms with van der Waals surface area (Å²) in [5, 5.41) is 10.1. The Morgan fingerprint density at radius 3 is 2.67 bits per heavy atom. The summed E-state index contributed by atoms with van der Waals surface area (Å²) >= 11 is 8.76. The summed E-state index contributed by atoms with van der Waals surface area (Å²) in [5.41, 5.74) is -2.11. The minimum absolute atomic E-state index is 0.00850. The number of carbonyl (C=O) groups excluding carboxylic acids is 1. The van der Waals surface area contributed by atoms with Crippen molar-refractivity contribution in [2.45, 2.75) is 32.0 Å². The molecule has 1 amide bonds. The Labute approximate surface area is 135 Å². The van der Waals surface area contributed by atoms with Gasteiger partial charge in [-0.3, -0.25) is 0 Å². The van der Waals surface area contributed by atoms with Crippen LogP contribution < -0.4 is 0 Å². The van der Waals surface area contributed by atoms with Crippen LogP contribution in [0.1, 0.15) is 26.3 Å². The van der Waals surface area contributed by atoms with Crippen LogP contribution in [0.5, 0.6) is 0 Å². The molecule has 2 rings (SSSR count). The standard InChI is InChI=1S/C13H15BrClFN2O3/c1-12(2,3)21-11(19)18-5-13(20,6-18)7-4-8(14)17-10(15)9(7)16/h4,20H,5-6H2,1-3H3. The number of nitrogens with zero attached hydrogens (tertiary/aromatic N) is 2. The van der Waals surface area contributed by atoms with E-state index < -0.39 is 23.1 Å². The lowest BCUT2D eigenvalue weighted by atomic mass is 9.87. The van der Waals surface area contributed by atoms with E-state index in [1.807, 2.05) is 0 Å². The van der Waals surface area contributed by atoms with E-state index in [1.54, 1.807) is 20.8 Å². The number of β-amino-alcohol motifs (C(OH)–C–C–N with tert-alkyl or cyclic N) is 1. The number of hydrogen-bond acceptors (Lipinski definition) is 4. The number of rotatable bonds is 1. The van der Waals surface area contributed by atoms with E-state index in [9.17, 15) is 14.3 Å². The Morgan fingerprint density at radius 2 is 2.14 bits per heavy atom. The molecular weight excluding hydrogens is 367 g/mol. The molecular formula is C13H15BrClFN2O3. The number of hydrogen-bond donors (Lipinski definition) is 1. The number of carbonyl (C=O) groups is 1. The average Bonchev–Trinajstić information content (AvgIpc) is 2.27. The van der Waals surface area contributed by atoms with E-state index in [4.69, 9.17) is 16.3 Å². The molecule has 0 unspecified atom stereocenters. The van der Waals surface area contributed by atoms with E-state index in [0.717, 1.165) is 0 Å². The van der Waals surface area contributed by atoms with Crippen LogP contribution in [0.3, 0.4) is 0 Å². The molecule has 21 heavy (non-hydrogen) atoms. The lowest BCUT2D eigenvalue weighted by Crippen LogP contribution is -2.62. The molecule has 1 aliphatic heterocycles. The number of halogens is 3. The summed E-state index contributed by atoms with van der Waals surface area (Å²) in [7, 11) is 0. The lowest BCUT2D eigenvalue weighted by molar-refractivity contribution is -0.105. The van der Waals surface area contributed by atoms with Crippen LogP contribution in [0.2, 0.25) is 5.15 Å². The fraction of sp³-hybridized carbons (Fsp3) is 0.538. The van der Waals surface area contributed by atoms with Gasteiger partial charge in [0.05, 0.1) is 13.1 Å². The summed E-state index contributed by atoms with van der Waals surface area (Å²) in [6.45, 7) is 5.11. The minimum Gasteiger partial charge on any atom is -0.444 e. The van der Waals surface area contributed by atoms with Crippen LogP contribution in [0.15, 0.2) is 10.7 Å². The molecule has 116 valence electrons. The molecule has 0 saturated carbocycles. The predicted octanol–water partition coefficient (Wildman–Crippen LogP) is 3.07. The van der Waals surface area contributed by atoms with E-state index in [2.05, 4.69) is 20.9 Å². The van der Waals surface area contributed by atoms with Crippen molar-refractivity contribution >= 4 is 33.6 Å². The van der Waals surface area contributed by atoms with Crippen LogP contribution >= 0.6 is 27.5 Å². The van der Waals surface area contributed by atoms with Crippen LogP contribution in [0, 0.1) is 5.82 Å². The van der Waals surface area contributed by atoms with Crippen molar-refractivity contribution in [3.8, 4) is 0 Å².